The molecule has 1 unspecified atom stereocenters. The van der Waals surface area contributed by atoms with Crippen molar-refractivity contribution in [2.45, 2.75) is 45.1 Å². The second kappa shape index (κ2) is 7.78. The van der Waals surface area contributed by atoms with Gasteiger partial charge in [0.25, 0.3) is 5.91 Å². The van der Waals surface area contributed by atoms with Crippen LogP contribution in [-0.2, 0) is 4.79 Å². The number of amides is 1. The average Bonchev–Trinajstić information content (AvgIpc) is 2.58. The van der Waals surface area contributed by atoms with Crippen molar-refractivity contribution >= 4 is 11.5 Å². The van der Waals surface area contributed by atoms with Gasteiger partial charge in [-0.1, -0.05) is 50.1 Å². The number of hydrogen-bond acceptors (Lipinski definition) is 1. The van der Waals surface area contributed by atoms with Gasteiger partial charge in [-0.05, 0) is 36.0 Å². The Morgan fingerprint density at radius 1 is 1.22 bits per heavy atom. The standard InChI is InChI=1S/C20H28N2O/c1-16-7-5-6-10-19(16)21-20(23)15-22-13-11-18(12-14-22)17-8-3-2-4-9-17/h2-4,8-9,11,16,19H,5-7,10,12-15H2,1H3,(H,21,23)/p+1/t16-,19-/m1/s1. The Bertz CT molecular complexity index is 552. The molecule has 0 bridgehead atoms. The fourth-order valence-corrected chi connectivity index (χ4v) is 3.87. The lowest BCUT2D eigenvalue weighted by Gasteiger charge is -2.30. The number of rotatable bonds is 4. The van der Waals surface area contributed by atoms with Gasteiger partial charge >= 0.3 is 0 Å². The molecule has 3 rings (SSSR count). The lowest BCUT2D eigenvalue weighted by molar-refractivity contribution is -0.886. The molecule has 2 aliphatic rings. The van der Waals surface area contributed by atoms with Crippen molar-refractivity contribution in [1.82, 2.24) is 5.32 Å². The minimum absolute atomic E-state index is 0.232. The predicted molar refractivity (Wildman–Crippen MR) is 94.2 cm³/mol. The van der Waals surface area contributed by atoms with Crippen LogP contribution in [-0.4, -0.2) is 31.6 Å². The van der Waals surface area contributed by atoms with Crippen molar-refractivity contribution in [3.63, 3.8) is 0 Å². The number of benzene rings is 1. The SMILES string of the molecule is C[C@@H]1CCCC[C@H]1NC(=O)C[NH+]1CC=C(c2ccccc2)CC1. The van der Waals surface area contributed by atoms with Crippen molar-refractivity contribution in [1.29, 1.82) is 0 Å². The van der Waals surface area contributed by atoms with E-state index in [2.05, 4.69) is 48.6 Å². The molecule has 0 spiro atoms. The van der Waals surface area contributed by atoms with Crippen molar-refractivity contribution in [2.75, 3.05) is 19.6 Å². The van der Waals surface area contributed by atoms with Gasteiger partial charge < -0.3 is 10.2 Å². The van der Waals surface area contributed by atoms with Crippen LogP contribution in [0.1, 0.15) is 44.6 Å². The minimum Gasteiger partial charge on any atom is -0.348 e. The second-order valence-corrected chi connectivity index (χ2v) is 7.16. The normalized spacial score (nSPS) is 28.0. The molecule has 1 aromatic rings. The molecule has 23 heavy (non-hydrogen) atoms. The van der Waals surface area contributed by atoms with Crippen molar-refractivity contribution in [3.8, 4) is 0 Å². The van der Waals surface area contributed by atoms with Crippen LogP contribution in [0.3, 0.4) is 0 Å². The van der Waals surface area contributed by atoms with Crippen LogP contribution in [0.5, 0.6) is 0 Å². The van der Waals surface area contributed by atoms with Crippen LogP contribution in [0.25, 0.3) is 5.57 Å². The summed E-state index contributed by atoms with van der Waals surface area (Å²) in [7, 11) is 0. The highest BCUT2D eigenvalue weighted by atomic mass is 16.2. The molecule has 3 atom stereocenters. The largest absolute Gasteiger partial charge is 0.348 e. The van der Waals surface area contributed by atoms with Crippen LogP contribution >= 0.6 is 0 Å². The van der Waals surface area contributed by atoms with E-state index in [0.29, 0.717) is 18.5 Å². The molecular formula is C20H29N2O+. The molecule has 1 aliphatic heterocycles. The summed E-state index contributed by atoms with van der Waals surface area (Å²) in [5.74, 6) is 0.865. The maximum absolute atomic E-state index is 12.3. The molecule has 1 amide bonds. The van der Waals surface area contributed by atoms with E-state index in [-0.39, 0.29) is 5.91 Å². The minimum atomic E-state index is 0.232. The van der Waals surface area contributed by atoms with Gasteiger partial charge in [-0.15, -0.1) is 0 Å². The molecule has 1 aromatic carbocycles. The predicted octanol–water partition coefficient (Wildman–Crippen LogP) is 2.05. The third kappa shape index (κ3) is 4.44. The zero-order valence-corrected chi connectivity index (χ0v) is 14.2. The number of carbonyl (C=O) groups is 1. The molecule has 1 heterocycles. The van der Waals surface area contributed by atoms with Crippen molar-refractivity contribution in [3.05, 3.63) is 42.0 Å². The number of nitrogens with one attached hydrogen (secondary N) is 2. The van der Waals surface area contributed by atoms with Crippen molar-refractivity contribution in [2.24, 2.45) is 5.92 Å². The average molecular weight is 313 g/mol. The number of carbonyl (C=O) groups excluding carboxylic acids is 1. The fourth-order valence-electron chi connectivity index (χ4n) is 3.87. The highest BCUT2D eigenvalue weighted by Crippen LogP contribution is 2.23. The first-order chi connectivity index (χ1) is 11.2. The number of quaternary nitrogens is 1. The maximum atomic E-state index is 12.3. The molecule has 1 saturated carbocycles. The molecule has 0 saturated heterocycles. The summed E-state index contributed by atoms with van der Waals surface area (Å²) in [6.07, 6.45) is 8.36. The van der Waals surface area contributed by atoms with E-state index in [1.807, 2.05) is 0 Å². The van der Waals surface area contributed by atoms with Crippen LogP contribution < -0.4 is 10.2 Å². The van der Waals surface area contributed by atoms with Gasteiger partial charge in [-0.25, -0.2) is 0 Å². The number of hydrogen-bond donors (Lipinski definition) is 2. The Morgan fingerprint density at radius 2 is 2.00 bits per heavy atom. The first-order valence-electron chi connectivity index (χ1n) is 9.10. The lowest BCUT2D eigenvalue weighted by atomic mass is 9.86. The van der Waals surface area contributed by atoms with Crippen molar-refractivity contribution < 1.29 is 9.69 Å². The molecule has 124 valence electrons. The maximum Gasteiger partial charge on any atom is 0.275 e. The van der Waals surface area contributed by atoms with Crippen LogP contribution in [0.4, 0.5) is 0 Å². The smallest absolute Gasteiger partial charge is 0.275 e. The second-order valence-electron chi connectivity index (χ2n) is 7.16. The van der Waals surface area contributed by atoms with Crippen LogP contribution in [0.2, 0.25) is 0 Å². The quantitative estimate of drug-likeness (QED) is 0.876. The third-order valence-electron chi connectivity index (χ3n) is 5.40. The van der Waals surface area contributed by atoms with Gasteiger partial charge in [-0.3, -0.25) is 4.79 Å². The van der Waals surface area contributed by atoms with E-state index in [0.717, 1.165) is 25.9 Å². The van der Waals surface area contributed by atoms with Crippen LogP contribution in [0, 0.1) is 5.92 Å². The summed E-state index contributed by atoms with van der Waals surface area (Å²) in [5.41, 5.74) is 2.75. The summed E-state index contributed by atoms with van der Waals surface area (Å²) in [5, 5.41) is 3.28. The van der Waals surface area contributed by atoms with Gasteiger partial charge in [0.15, 0.2) is 6.54 Å². The first-order valence-corrected chi connectivity index (χ1v) is 9.10. The van der Waals surface area contributed by atoms with E-state index in [9.17, 15) is 4.79 Å². The Kier molecular flexibility index (Phi) is 5.50. The highest BCUT2D eigenvalue weighted by molar-refractivity contribution is 5.77. The van der Waals surface area contributed by atoms with Gasteiger partial charge in [0.1, 0.15) is 0 Å². The topological polar surface area (TPSA) is 33.5 Å². The highest BCUT2D eigenvalue weighted by Gasteiger charge is 2.25. The first kappa shape index (κ1) is 16.3. The van der Waals surface area contributed by atoms with Crippen LogP contribution in [0.15, 0.2) is 36.4 Å². The molecule has 3 nitrogen and oxygen atoms in total. The van der Waals surface area contributed by atoms with Gasteiger partial charge in [0.2, 0.25) is 0 Å². The summed E-state index contributed by atoms with van der Waals surface area (Å²) < 4.78 is 0. The van der Waals surface area contributed by atoms with E-state index in [1.165, 1.54) is 35.3 Å². The van der Waals surface area contributed by atoms with Gasteiger partial charge in [-0.2, -0.15) is 0 Å². The molecular weight excluding hydrogens is 284 g/mol. The summed E-state index contributed by atoms with van der Waals surface area (Å²) >= 11 is 0. The Hall–Kier alpha value is -1.61. The lowest BCUT2D eigenvalue weighted by Crippen LogP contribution is -3.13. The Labute approximate surface area is 139 Å². The van der Waals surface area contributed by atoms with E-state index < -0.39 is 0 Å². The monoisotopic (exact) mass is 313 g/mol. The summed E-state index contributed by atoms with van der Waals surface area (Å²) in [4.78, 5) is 13.7. The third-order valence-corrected chi connectivity index (χ3v) is 5.40. The molecule has 1 aliphatic carbocycles. The fraction of sp³-hybridized carbons (Fsp3) is 0.550. The summed E-state index contributed by atoms with van der Waals surface area (Å²) in [6.45, 7) is 4.89. The molecule has 2 N–H and O–H groups in total. The zero-order chi connectivity index (χ0) is 16.1. The van der Waals surface area contributed by atoms with Gasteiger partial charge in [0.05, 0.1) is 13.1 Å². The Morgan fingerprint density at radius 3 is 2.70 bits per heavy atom. The molecule has 0 radical (unpaired) electrons. The summed E-state index contributed by atoms with van der Waals surface area (Å²) in [6, 6.07) is 11.0. The van der Waals surface area contributed by atoms with E-state index >= 15 is 0 Å². The molecule has 3 heteroatoms. The van der Waals surface area contributed by atoms with E-state index in [4.69, 9.17) is 0 Å². The van der Waals surface area contributed by atoms with Gasteiger partial charge in [0, 0.05) is 12.5 Å². The zero-order valence-electron chi connectivity index (χ0n) is 14.2. The molecule has 1 fully saturated rings. The molecule has 0 aromatic heterocycles. The van der Waals surface area contributed by atoms with E-state index in [1.54, 1.807) is 0 Å². The Balaban J connectivity index is 1.48.